The number of esters is 1. The van der Waals surface area contributed by atoms with Gasteiger partial charge in [-0.05, 0) is 16.8 Å². The van der Waals surface area contributed by atoms with Gasteiger partial charge in [0, 0.05) is 11.9 Å². The Bertz CT molecular complexity index is 508. The molecule has 0 aromatic carbocycles. The van der Waals surface area contributed by atoms with Crippen LogP contribution in [0.3, 0.4) is 0 Å². The molecule has 10 heteroatoms. The first-order valence-corrected chi connectivity index (χ1v) is 4.90. The van der Waals surface area contributed by atoms with Crippen LogP contribution in [0.5, 0.6) is 0 Å². The molecule has 0 aliphatic rings. The molecule has 0 atom stereocenters. The Kier molecular flexibility index (Phi) is 3.92. The predicted molar refractivity (Wildman–Crippen MR) is 56.9 cm³/mol. The molecule has 0 N–H and O–H groups in total. The molecule has 0 saturated heterocycles. The molecule has 0 amide bonds. The minimum atomic E-state index is -0.965. The highest BCUT2D eigenvalue weighted by Gasteiger charge is 2.36. The molecular formula is C8H10N4O6. The van der Waals surface area contributed by atoms with Crippen LogP contribution in [0.25, 0.3) is 0 Å². The fourth-order valence-electron chi connectivity index (χ4n) is 1.37. The Hall–Kier alpha value is -2.52. The summed E-state index contributed by atoms with van der Waals surface area (Å²) in [5, 5.41) is 21.4. The van der Waals surface area contributed by atoms with Gasteiger partial charge in [0.15, 0.2) is 6.54 Å². The number of imidazole rings is 1. The van der Waals surface area contributed by atoms with E-state index in [1.54, 1.807) is 6.92 Å². The van der Waals surface area contributed by atoms with Gasteiger partial charge in [-0.25, -0.2) is 4.79 Å². The third kappa shape index (κ3) is 2.59. The molecule has 1 rings (SSSR count). The van der Waals surface area contributed by atoms with Crippen LogP contribution in [0.15, 0.2) is 0 Å². The summed E-state index contributed by atoms with van der Waals surface area (Å²) in [6.45, 7) is 2.54. The molecular weight excluding hydrogens is 248 g/mol. The van der Waals surface area contributed by atoms with Gasteiger partial charge in [-0.2, -0.15) is 4.57 Å². The van der Waals surface area contributed by atoms with Gasteiger partial charge in [-0.1, -0.05) is 0 Å². The number of ether oxygens (including phenoxy) is 1. The van der Waals surface area contributed by atoms with E-state index in [0.717, 1.165) is 4.57 Å². The average Bonchev–Trinajstić information content (AvgIpc) is 2.57. The molecule has 18 heavy (non-hydrogen) atoms. The maximum Gasteiger partial charge on any atom is 0.462 e. The first-order chi connectivity index (χ1) is 8.38. The van der Waals surface area contributed by atoms with Gasteiger partial charge < -0.3 is 25.0 Å². The highest BCUT2D eigenvalue weighted by molar-refractivity contribution is 5.70. The zero-order valence-electron chi connectivity index (χ0n) is 9.65. The Balaban J connectivity index is 3.22. The van der Waals surface area contributed by atoms with E-state index in [4.69, 9.17) is 0 Å². The highest BCUT2D eigenvalue weighted by Crippen LogP contribution is 2.27. The summed E-state index contributed by atoms with van der Waals surface area (Å²) < 4.78 is 5.47. The van der Waals surface area contributed by atoms with E-state index in [9.17, 15) is 25.0 Å². The molecule has 0 spiro atoms. The van der Waals surface area contributed by atoms with Gasteiger partial charge in [0.1, 0.15) is 0 Å². The third-order valence-corrected chi connectivity index (χ3v) is 2.05. The van der Waals surface area contributed by atoms with Crippen LogP contribution in [-0.4, -0.2) is 32.0 Å². The van der Waals surface area contributed by atoms with Crippen molar-refractivity contribution in [2.24, 2.45) is 0 Å². The fraction of sp³-hybridized carbons (Fsp3) is 0.500. The van der Waals surface area contributed by atoms with Gasteiger partial charge in [-0.15, -0.1) is 0 Å². The number of nitro groups is 2. The van der Waals surface area contributed by atoms with E-state index in [-0.39, 0.29) is 12.4 Å². The van der Waals surface area contributed by atoms with Gasteiger partial charge >= 0.3 is 23.4 Å². The molecule has 0 unspecified atom stereocenters. The Morgan fingerprint density at radius 2 is 2.00 bits per heavy atom. The van der Waals surface area contributed by atoms with E-state index < -0.39 is 34.0 Å². The summed E-state index contributed by atoms with van der Waals surface area (Å²) in [6.07, 6.45) is 0. The van der Waals surface area contributed by atoms with Crippen LogP contribution in [-0.2, 0) is 16.1 Å². The number of carbonyl (C=O) groups excluding carboxylic acids is 1. The first-order valence-electron chi connectivity index (χ1n) is 4.90. The monoisotopic (exact) mass is 258 g/mol. The summed E-state index contributed by atoms with van der Waals surface area (Å²) in [6, 6.07) is 0. The van der Waals surface area contributed by atoms with Crippen molar-refractivity contribution in [1.82, 2.24) is 9.55 Å². The molecule has 0 saturated carbocycles. The zero-order chi connectivity index (χ0) is 13.9. The van der Waals surface area contributed by atoms with Crippen LogP contribution in [0, 0.1) is 27.2 Å². The fourth-order valence-corrected chi connectivity index (χ4v) is 1.37. The molecule has 10 nitrogen and oxygen atoms in total. The van der Waals surface area contributed by atoms with Crippen LogP contribution in [0.2, 0.25) is 0 Å². The molecule has 1 aromatic rings. The lowest BCUT2D eigenvalue weighted by Gasteiger charge is -2.01. The van der Waals surface area contributed by atoms with Gasteiger partial charge in [0.25, 0.3) is 0 Å². The van der Waals surface area contributed by atoms with Gasteiger partial charge in [-0.3, -0.25) is 0 Å². The van der Waals surface area contributed by atoms with E-state index in [2.05, 4.69) is 9.72 Å². The number of rotatable bonds is 5. The Morgan fingerprint density at radius 3 is 2.44 bits per heavy atom. The topological polar surface area (TPSA) is 130 Å². The Morgan fingerprint density at radius 1 is 1.39 bits per heavy atom. The zero-order valence-corrected chi connectivity index (χ0v) is 9.65. The Labute approximate surface area is 100 Å². The molecule has 98 valence electrons. The minimum Gasteiger partial charge on any atom is -0.463 e. The number of nitrogens with zero attached hydrogens (tertiary/aromatic N) is 4. The van der Waals surface area contributed by atoms with Crippen molar-refractivity contribution in [2.45, 2.75) is 20.4 Å². The number of carbonyl (C=O) groups is 1. The largest absolute Gasteiger partial charge is 0.463 e. The second-order valence-corrected chi connectivity index (χ2v) is 3.21. The van der Waals surface area contributed by atoms with E-state index >= 15 is 0 Å². The summed E-state index contributed by atoms with van der Waals surface area (Å²) in [5.74, 6) is -2.44. The maximum atomic E-state index is 11.3. The molecule has 0 fully saturated rings. The lowest BCUT2D eigenvalue weighted by atomic mass is 10.5. The second kappa shape index (κ2) is 5.21. The summed E-state index contributed by atoms with van der Waals surface area (Å²) in [5.41, 5.74) is 0. The third-order valence-electron chi connectivity index (χ3n) is 2.05. The molecule has 0 aliphatic heterocycles. The minimum absolute atomic E-state index is 0.00135. The van der Waals surface area contributed by atoms with E-state index in [1.165, 1.54) is 6.92 Å². The first kappa shape index (κ1) is 13.5. The summed E-state index contributed by atoms with van der Waals surface area (Å²) >= 11 is 0. The number of hydrogen-bond donors (Lipinski definition) is 0. The van der Waals surface area contributed by atoms with Crippen molar-refractivity contribution in [3.8, 4) is 0 Å². The number of hydrogen-bond acceptors (Lipinski definition) is 7. The standard InChI is InChI=1S/C8H10N4O6/c1-3-18-6(13)4-10-5(2)9-7(11(14)15)8(10)12(16)17/h3-4H2,1-2H3. The number of aryl methyl sites for hydroxylation is 1. The van der Waals surface area contributed by atoms with Crippen LogP contribution in [0.4, 0.5) is 11.6 Å². The predicted octanol–water partition coefficient (Wildman–Crippen LogP) is 0.571. The van der Waals surface area contributed by atoms with E-state index in [0.29, 0.717) is 0 Å². The van der Waals surface area contributed by atoms with Crippen LogP contribution >= 0.6 is 0 Å². The van der Waals surface area contributed by atoms with Gasteiger partial charge in [0.2, 0.25) is 0 Å². The average molecular weight is 258 g/mol. The smallest absolute Gasteiger partial charge is 0.462 e. The van der Waals surface area contributed by atoms with Crippen LogP contribution < -0.4 is 0 Å². The van der Waals surface area contributed by atoms with Crippen molar-refractivity contribution in [3.05, 3.63) is 26.1 Å². The van der Waals surface area contributed by atoms with Crippen molar-refractivity contribution < 1.29 is 19.4 Å². The quantitative estimate of drug-likeness (QED) is 0.428. The normalized spacial score (nSPS) is 10.1. The summed E-state index contributed by atoms with van der Waals surface area (Å²) in [7, 11) is 0. The van der Waals surface area contributed by atoms with Crippen LogP contribution in [0.1, 0.15) is 12.7 Å². The molecule has 1 aromatic heterocycles. The second-order valence-electron chi connectivity index (χ2n) is 3.21. The maximum absolute atomic E-state index is 11.3. The molecule has 0 bridgehead atoms. The van der Waals surface area contributed by atoms with Crippen molar-refractivity contribution in [1.29, 1.82) is 0 Å². The van der Waals surface area contributed by atoms with Crippen molar-refractivity contribution >= 4 is 17.6 Å². The van der Waals surface area contributed by atoms with Crippen molar-refractivity contribution in [3.63, 3.8) is 0 Å². The summed E-state index contributed by atoms with van der Waals surface area (Å²) in [4.78, 5) is 34.2. The molecule has 0 radical (unpaired) electrons. The van der Waals surface area contributed by atoms with Crippen molar-refractivity contribution in [2.75, 3.05) is 6.61 Å². The lowest BCUT2D eigenvalue weighted by Crippen LogP contribution is -2.16. The number of aromatic nitrogens is 2. The molecule has 1 heterocycles. The van der Waals surface area contributed by atoms with E-state index in [1.807, 2.05) is 0 Å². The SMILES string of the molecule is CCOC(=O)Cn1c(C)nc([N+](=O)[O-])c1[N+](=O)[O-]. The van der Waals surface area contributed by atoms with Gasteiger partial charge in [0.05, 0.1) is 6.61 Å². The lowest BCUT2D eigenvalue weighted by molar-refractivity contribution is -0.428. The molecule has 0 aliphatic carbocycles. The highest BCUT2D eigenvalue weighted by atomic mass is 16.6.